The van der Waals surface area contributed by atoms with Crippen LogP contribution < -0.4 is 4.90 Å². The molecule has 2 aromatic rings. The Bertz CT molecular complexity index is 584. The third-order valence-electron chi connectivity index (χ3n) is 2.21. The van der Waals surface area contributed by atoms with Crippen molar-refractivity contribution in [3.05, 3.63) is 35.1 Å². The number of tetrazole rings is 1. The van der Waals surface area contributed by atoms with Crippen molar-refractivity contribution < 1.29 is 14.7 Å². The van der Waals surface area contributed by atoms with E-state index in [0.29, 0.717) is 10.7 Å². The normalized spacial score (nSPS) is 10.2. The topological polar surface area (TPSA) is 112 Å². The zero-order valence-corrected chi connectivity index (χ0v) is 10.2. The van der Waals surface area contributed by atoms with Crippen LogP contribution in [0.3, 0.4) is 0 Å². The molecule has 0 aliphatic heterocycles. The maximum absolute atomic E-state index is 12.1. The average Bonchev–Trinajstić information content (AvgIpc) is 2.90. The highest BCUT2D eigenvalue weighted by Crippen LogP contribution is 2.19. The number of nitrogens with zero attached hydrogens (tertiary/aromatic N) is 4. The average molecular weight is 282 g/mol. The fourth-order valence-corrected chi connectivity index (χ4v) is 1.54. The molecule has 0 aliphatic carbocycles. The van der Waals surface area contributed by atoms with Gasteiger partial charge in [-0.15, -0.1) is 10.2 Å². The molecule has 1 amide bonds. The number of aromatic amines is 1. The van der Waals surface area contributed by atoms with E-state index in [0.717, 1.165) is 4.90 Å². The summed E-state index contributed by atoms with van der Waals surface area (Å²) in [5.41, 5.74) is 0.376. The standard InChI is InChI=1S/C10H8ClN5O3/c11-6-1-3-7(4-2-6)16(5-8(17)18)10(19)9-12-14-15-13-9/h1-4H,5H2,(H,17,18)(H,12,13,14,15). The fourth-order valence-electron chi connectivity index (χ4n) is 1.41. The molecule has 0 aliphatic rings. The van der Waals surface area contributed by atoms with E-state index in [-0.39, 0.29) is 5.82 Å². The number of benzene rings is 1. The SMILES string of the molecule is O=C(O)CN(C(=O)c1nn[nH]n1)c1ccc(Cl)cc1. The number of carboxylic acid groups (broad SMARTS) is 1. The van der Waals surface area contributed by atoms with Crippen LogP contribution in [0.2, 0.25) is 5.02 Å². The van der Waals surface area contributed by atoms with Gasteiger partial charge in [-0.1, -0.05) is 11.6 Å². The lowest BCUT2D eigenvalue weighted by molar-refractivity contribution is -0.135. The first-order valence-electron chi connectivity index (χ1n) is 5.10. The number of carboxylic acids is 1. The van der Waals surface area contributed by atoms with E-state index >= 15 is 0 Å². The van der Waals surface area contributed by atoms with Crippen molar-refractivity contribution in [3.8, 4) is 0 Å². The number of halogens is 1. The second-order valence-electron chi connectivity index (χ2n) is 3.50. The van der Waals surface area contributed by atoms with E-state index in [9.17, 15) is 9.59 Å². The van der Waals surface area contributed by atoms with Crippen molar-refractivity contribution >= 4 is 29.2 Å². The van der Waals surface area contributed by atoms with E-state index in [1.54, 1.807) is 12.1 Å². The summed E-state index contributed by atoms with van der Waals surface area (Å²) >= 11 is 5.74. The van der Waals surface area contributed by atoms with Gasteiger partial charge in [0.15, 0.2) is 0 Å². The predicted octanol–water partition coefficient (Wildman–Crippen LogP) is 0.584. The highest BCUT2D eigenvalue weighted by atomic mass is 35.5. The second kappa shape index (κ2) is 5.44. The van der Waals surface area contributed by atoms with E-state index in [1.807, 2.05) is 0 Å². The quantitative estimate of drug-likeness (QED) is 0.848. The van der Waals surface area contributed by atoms with Gasteiger partial charge in [-0.05, 0) is 29.5 Å². The van der Waals surface area contributed by atoms with Gasteiger partial charge in [0.2, 0.25) is 0 Å². The van der Waals surface area contributed by atoms with Crippen LogP contribution in [-0.2, 0) is 4.79 Å². The van der Waals surface area contributed by atoms with Gasteiger partial charge in [0, 0.05) is 10.7 Å². The van der Waals surface area contributed by atoms with Gasteiger partial charge >= 0.3 is 5.97 Å². The van der Waals surface area contributed by atoms with Crippen LogP contribution in [0.4, 0.5) is 5.69 Å². The molecule has 0 saturated heterocycles. The number of carbonyl (C=O) groups excluding carboxylic acids is 1. The Balaban J connectivity index is 2.33. The molecular weight excluding hydrogens is 274 g/mol. The van der Waals surface area contributed by atoms with Crippen LogP contribution in [0.1, 0.15) is 10.6 Å². The highest BCUT2D eigenvalue weighted by Gasteiger charge is 2.23. The van der Waals surface area contributed by atoms with E-state index in [1.165, 1.54) is 12.1 Å². The molecule has 0 saturated carbocycles. The number of H-pyrrole nitrogens is 1. The number of hydrogen-bond donors (Lipinski definition) is 2. The summed E-state index contributed by atoms with van der Waals surface area (Å²) in [6, 6.07) is 6.16. The zero-order chi connectivity index (χ0) is 13.8. The van der Waals surface area contributed by atoms with Crippen LogP contribution in [0.15, 0.2) is 24.3 Å². The minimum Gasteiger partial charge on any atom is -0.480 e. The number of nitrogens with one attached hydrogen (secondary N) is 1. The molecule has 9 heteroatoms. The molecule has 1 heterocycles. The lowest BCUT2D eigenvalue weighted by Crippen LogP contribution is -2.36. The third kappa shape index (κ3) is 3.05. The molecule has 2 N–H and O–H groups in total. The molecule has 0 spiro atoms. The number of amides is 1. The summed E-state index contributed by atoms with van der Waals surface area (Å²) < 4.78 is 0. The first-order chi connectivity index (χ1) is 9.08. The molecule has 0 bridgehead atoms. The summed E-state index contributed by atoms with van der Waals surface area (Å²) in [7, 11) is 0. The van der Waals surface area contributed by atoms with Crippen LogP contribution in [0, 0.1) is 0 Å². The van der Waals surface area contributed by atoms with Gasteiger partial charge in [-0.25, -0.2) is 0 Å². The number of aromatic nitrogens is 4. The molecule has 0 atom stereocenters. The van der Waals surface area contributed by atoms with Gasteiger partial charge in [0.25, 0.3) is 11.7 Å². The highest BCUT2D eigenvalue weighted by molar-refractivity contribution is 6.30. The van der Waals surface area contributed by atoms with Gasteiger partial charge in [0.05, 0.1) is 0 Å². The van der Waals surface area contributed by atoms with Crippen molar-refractivity contribution in [2.75, 3.05) is 11.4 Å². The minimum atomic E-state index is -1.16. The molecule has 2 rings (SSSR count). The Morgan fingerprint density at radius 3 is 2.53 bits per heavy atom. The molecule has 0 fully saturated rings. The second-order valence-corrected chi connectivity index (χ2v) is 3.93. The van der Waals surface area contributed by atoms with Gasteiger partial charge in [0.1, 0.15) is 6.54 Å². The lowest BCUT2D eigenvalue weighted by Gasteiger charge is -2.18. The summed E-state index contributed by atoms with van der Waals surface area (Å²) in [5, 5.41) is 21.8. The van der Waals surface area contributed by atoms with E-state index < -0.39 is 18.4 Å². The molecule has 1 aromatic carbocycles. The lowest BCUT2D eigenvalue weighted by atomic mass is 10.2. The maximum Gasteiger partial charge on any atom is 0.323 e. The van der Waals surface area contributed by atoms with Crippen LogP contribution in [-0.4, -0.2) is 44.2 Å². The van der Waals surface area contributed by atoms with Gasteiger partial charge in [-0.2, -0.15) is 5.21 Å². The third-order valence-corrected chi connectivity index (χ3v) is 2.47. The number of anilines is 1. The van der Waals surface area contributed by atoms with E-state index in [4.69, 9.17) is 16.7 Å². The summed E-state index contributed by atoms with van der Waals surface area (Å²) in [6.45, 7) is -0.519. The Hall–Kier alpha value is -2.48. The Kier molecular flexibility index (Phi) is 3.71. The molecule has 98 valence electrons. The van der Waals surface area contributed by atoms with Crippen molar-refractivity contribution in [2.24, 2.45) is 0 Å². The molecule has 19 heavy (non-hydrogen) atoms. The summed E-state index contributed by atoms with van der Waals surface area (Å²) in [6.07, 6.45) is 0. The van der Waals surface area contributed by atoms with Crippen LogP contribution >= 0.6 is 11.6 Å². The van der Waals surface area contributed by atoms with Gasteiger partial charge < -0.3 is 5.11 Å². The molecular formula is C10H8ClN5O3. The van der Waals surface area contributed by atoms with Crippen LogP contribution in [0.5, 0.6) is 0 Å². The molecule has 0 unspecified atom stereocenters. The van der Waals surface area contributed by atoms with Crippen molar-refractivity contribution in [2.45, 2.75) is 0 Å². The first kappa shape index (κ1) is 13.0. The number of carbonyl (C=O) groups is 2. The van der Waals surface area contributed by atoms with Crippen LogP contribution in [0.25, 0.3) is 0 Å². The summed E-state index contributed by atoms with van der Waals surface area (Å²) in [5.74, 6) is -2.04. The van der Waals surface area contributed by atoms with Crippen molar-refractivity contribution in [1.82, 2.24) is 20.6 Å². The van der Waals surface area contributed by atoms with Crippen molar-refractivity contribution in [3.63, 3.8) is 0 Å². The minimum absolute atomic E-state index is 0.212. The molecule has 1 aromatic heterocycles. The maximum atomic E-state index is 12.1. The fraction of sp³-hybridized carbons (Fsp3) is 0.100. The summed E-state index contributed by atoms with van der Waals surface area (Å²) in [4.78, 5) is 23.9. The Labute approximate surface area is 112 Å². The monoisotopic (exact) mass is 281 g/mol. The number of aliphatic carboxylic acids is 1. The molecule has 0 radical (unpaired) electrons. The first-order valence-corrected chi connectivity index (χ1v) is 5.48. The predicted molar refractivity (Wildman–Crippen MR) is 64.9 cm³/mol. The molecule has 8 nitrogen and oxygen atoms in total. The largest absolute Gasteiger partial charge is 0.480 e. The smallest absolute Gasteiger partial charge is 0.323 e. The number of hydrogen-bond acceptors (Lipinski definition) is 5. The van der Waals surface area contributed by atoms with Crippen molar-refractivity contribution in [1.29, 1.82) is 0 Å². The Morgan fingerprint density at radius 1 is 1.32 bits per heavy atom. The zero-order valence-electron chi connectivity index (χ0n) is 9.45. The van der Waals surface area contributed by atoms with E-state index in [2.05, 4.69) is 20.6 Å². The van der Waals surface area contributed by atoms with Gasteiger partial charge in [-0.3, -0.25) is 14.5 Å². The Morgan fingerprint density at radius 2 is 2.00 bits per heavy atom. The number of rotatable bonds is 4.